The van der Waals surface area contributed by atoms with E-state index in [1.54, 1.807) is 0 Å². The van der Waals surface area contributed by atoms with Gasteiger partial charge in [0.2, 0.25) is 11.6 Å². The van der Waals surface area contributed by atoms with Crippen LogP contribution in [-0.4, -0.2) is 28.4 Å². The van der Waals surface area contributed by atoms with Crippen molar-refractivity contribution in [1.82, 2.24) is 0 Å². The molecular formula is C10H12F9I. The summed E-state index contributed by atoms with van der Waals surface area (Å²) in [6.07, 6.45) is -15.7. The van der Waals surface area contributed by atoms with Crippen LogP contribution in [0, 0.1) is 5.92 Å². The quantitative estimate of drug-likeness (QED) is 0.289. The van der Waals surface area contributed by atoms with Crippen molar-refractivity contribution in [1.29, 1.82) is 0 Å². The molecule has 0 aliphatic carbocycles. The summed E-state index contributed by atoms with van der Waals surface area (Å²) < 4.78 is 114. The Balaban J connectivity index is 5.12. The first-order chi connectivity index (χ1) is 8.62. The van der Waals surface area contributed by atoms with Crippen molar-refractivity contribution in [2.75, 3.05) is 4.43 Å². The van der Waals surface area contributed by atoms with Gasteiger partial charge in [0.15, 0.2) is 0 Å². The highest BCUT2D eigenvalue weighted by atomic mass is 127. The second-order valence-electron chi connectivity index (χ2n) is 4.64. The van der Waals surface area contributed by atoms with Crippen molar-refractivity contribution in [3.8, 4) is 0 Å². The molecule has 122 valence electrons. The molecular weight excluding hydrogens is 418 g/mol. The predicted molar refractivity (Wildman–Crippen MR) is 62.8 cm³/mol. The van der Waals surface area contributed by atoms with E-state index in [-0.39, 0.29) is 11.4 Å². The summed E-state index contributed by atoms with van der Waals surface area (Å²) in [5.41, 5.74) is -4.17. The molecule has 0 aromatic heterocycles. The van der Waals surface area contributed by atoms with Crippen LogP contribution in [0.3, 0.4) is 0 Å². The Hall–Kier alpha value is 0.100. The van der Waals surface area contributed by atoms with Crippen molar-refractivity contribution in [3.63, 3.8) is 0 Å². The maximum Gasteiger partial charge on any atom is 0.422 e. The third-order valence-corrected chi connectivity index (χ3v) is 3.23. The first-order valence-corrected chi connectivity index (χ1v) is 6.91. The highest BCUT2D eigenvalue weighted by Crippen LogP contribution is 2.46. The summed E-state index contributed by atoms with van der Waals surface area (Å²) >= 11 is 1.51. The molecule has 2 atom stereocenters. The maximum atomic E-state index is 13.3. The molecule has 2 unspecified atom stereocenters. The Morgan fingerprint density at radius 1 is 0.850 bits per heavy atom. The van der Waals surface area contributed by atoms with Crippen LogP contribution >= 0.6 is 22.6 Å². The van der Waals surface area contributed by atoms with Crippen LogP contribution in [0.1, 0.15) is 26.2 Å². The molecule has 0 heterocycles. The van der Waals surface area contributed by atoms with E-state index in [2.05, 4.69) is 0 Å². The minimum Gasteiger partial charge on any atom is -0.234 e. The Morgan fingerprint density at radius 2 is 1.30 bits per heavy atom. The smallest absolute Gasteiger partial charge is 0.234 e. The van der Waals surface area contributed by atoms with Crippen molar-refractivity contribution < 1.29 is 39.5 Å². The van der Waals surface area contributed by atoms with E-state index in [1.165, 1.54) is 22.6 Å². The van der Waals surface area contributed by atoms with Gasteiger partial charge >= 0.3 is 12.4 Å². The normalized spacial score (nSPS) is 18.8. The standard InChI is InChI=1S/C10H12F9I/c1-7(11,10(17,18)19)4-6(9(14,15)16)5-8(12,13)2-3-20/h6H,2-5H2,1H3. The summed E-state index contributed by atoms with van der Waals surface area (Å²) in [5.74, 6) is -6.85. The van der Waals surface area contributed by atoms with E-state index in [9.17, 15) is 39.5 Å². The van der Waals surface area contributed by atoms with Gasteiger partial charge in [-0.2, -0.15) is 26.3 Å². The number of hydrogen-bond donors (Lipinski definition) is 0. The Morgan fingerprint density at radius 3 is 1.60 bits per heavy atom. The number of alkyl halides is 10. The van der Waals surface area contributed by atoms with Gasteiger partial charge in [0.05, 0.1) is 5.92 Å². The first kappa shape index (κ1) is 20.1. The lowest BCUT2D eigenvalue weighted by atomic mass is 9.87. The summed E-state index contributed by atoms with van der Waals surface area (Å²) in [6.45, 7) is -0.0811. The minimum atomic E-state index is -5.55. The molecule has 0 aliphatic rings. The van der Waals surface area contributed by atoms with E-state index in [0.717, 1.165) is 0 Å². The fourth-order valence-corrected chi connectivity index (χ4v) is 2.27. The second kappa shape index (κ2) is 6.47. The average molecular weight is 430 g/mol. The molecule has 0 saturated heterocycles. The van der Waals surface area contributed by atoms with Crippen LogP contribution in [0.25, 0.3) is 0 Å². The van der Waals surface area contributed by atoms with Crippen molar-refractivity contribution in [2.45, 2.75) is 50.1 Å². The zero-order chi connectivity index (χ0) is 16.4. The summed E-state index contributed by atoms with van der Waals surface area (Å²) in [5, 5.41) is 0. The van der Waals surface area contributed by atoms with Crippen LogP contribution < -0.4 is 0 Å². The van der Waals surface area contributed by atoms with Gasteiger partial charge in [0, 0.05) is 23.7 Å². The molecule has 0 radical (unpaired) electrons. The highest BCUT2D eigenvalue weighted by Gasteiger charge is 2.57. The molecule has 0 aromatic carbocycles. The Labute approximate surface area is 123 Å². The van der Waals surface area contributed by atoms with Crippen LogP contribution in [0.15, 0.2) is 0 Å². The molecule has 0 fully saturated rings. The molecule has 0 rings (SSSR count). The average Bonchev–Trinajstić information content (AvgIpc) is 2.11. The SMILES string of the molecule is CC(F)(CC(CC(F)(F)CCI)C(F)(F)F)C(F)(F)F. The zero-order valence-electron chi connectivity index (χ0n) is 10.2. The number of rotatable bonds is 6. The summed E-state index contributed by atoms with van der Waals surface area (Å²) in [7, 11) is 0. The van der Waals surface area contributed by atoms with E-state index in [0.29, 0.717) is 0 Å². The monoisotopic (exact) mass is 430 g/mol. The van der Waals surface area contributed by atoms with Crippen LogP contribution in [0.5, 0.6) is 0 Å². The lowest BCUT2D eigenvalue weighted by molar-refractivity contribution is -0.254. The molecule has 0 N–H and O–H groups in total. The summed E-state index contributed by atoms with van der Waals surface area (Å²) in [4.78, 5) is 0. The van der Waals surface area contributed by atoms with Gasteiger partial charge in [-0.25, -0.2) is 13.2 Å². The van der Waals surface area contributed by atoms with Gasteiger partial charge in [0.1, 0.15) is 0 Å². The van der Waals surface area contributed by atoms with Gasteiger partial charge in [-0.05, 0) is 6.92 Å². The highest BCUT2D eigenvalue weighted by molar-refractivity contribution is 14.1. The van der Waals surface area contributed by atoms with Gasteiger partial charge < -0.3 is 0 Å². The second-order valence-corrected chi connectivity index (χ2v) is 5.72. The third-order valence-electron chi connectivity index (χ3n) is 2.69. The topological polar surface area (TPSA) is 0 Å². The summed E-state index contributed by atoms with van der Waals surface area (Å²) in [6, 6.07) is 0. The molecule has 0 spiro atoms. The Bertz CT molecular complexity index is 305. The van der Waals surface area contributed by atoms with E-state index in [4.69, 9.17) is 0 Å². The maximum absolute atomic E-state index is 13.3. The van der Waals surface area contributed by atoms with E-state index < -0.39 is 49.1 Å². The van der Waals surface area contributed by atoms with Crippen molar-refractivity contribution in [2.24, 2.45) is 5.92 Å². The van der Waals surface area contributed by atoms with Crippen LogP contribution in [0.2, 0.25) is 0 Å². The van der Waals surface area contributed by atoms with E-state index in [1.807, 2.05) is 0 Å². The Kier molecular flexibility index (Phi) is 6.50. The van der Waals surface area contributed by atoms with E-state index >= 15 is 0 Å². The third kappa shape index (κ3) is 6.25. The molecule has 10 heteroatoms. The molecule has 0 aromatic rings. The number of hydrogen-bond acceptors (Lipinski definition) is 0. The zero-order valence-corrected chi connectivity index (χ0v) is 12.3. The fraction of sp³-hybridized carbons (Fsp3) is 1.00. The van der Waals surface area contributed by atoms with Crippen molar-refractivity contribution >= 4 is 22.6 Å². The molecule has 0 aliphatic heterocycles. The van der Waals surface area contributed by atoms with Gasteiger partial charge in [-0.1, -0.05) is 22.6 Å². The van der Waals surface area contributed by atoms with Gasteiger partial charge in [-0.3, -0.25) is 0 Å². The van der Waals surface area contributed by atoms with Gasteiger partial charge in [-0.15, -0.1) is 0 Å². The predicted octanol–water partition coefficient (Wildman–Crippen LogP) is 5.70. The largest absolute Gasteiger partial charge is 0.422 e. The molecule has 20 heavy (non-hydrogen) atoms. The molecule has 0 nitrogen and oxygen atoms in total. The minimum absolute atomic E-state index is 0.0811. The first-order valence-electron chi connectivity index (χ1n) is 5.38. The lowest BCUT2D eigenvalue weighted by Gasteiger charge is -2.31. The molecule has 0 amide bonds. The lowest BCUT2D eigenvalue weighted by Crippen LogP contribution is -2.43. The van der Waals surface area contributed by atoms with Crippen LogP contribution in [-0.2, 0) is 0 Å². The van der Waals surface area contributed by atoms with Crippen molar-refractivity contribution in [3.05, 3.63) is 0 Å². The van der Waals surface area contributed by atoms with Crippen LogP contribution in [0.4, 0.5) is 39.5 Å². The fourth-order valence-electron chi connectivity index (χ4n) is 1.48. The van der Waals surface area contributed by atoms with Gasteiger partial charge in [0.25, 0.3) is 0 Å². The molecule has 0 saturated carbocycles. The molecule has 0 bridgehead atoms. The number of halogens is 10.